The third-order valence-corrected chi connectivity index (χ3v) is 3.77. The van der Waals surface area contributed by atoms with E-state index >= 15 is 0 Å². The van der Waals surface area contributed by atoms with Gasteiger partial charge in [-0.25, -0.2) is 4.98 Å². The maximum absolute atomic E-state index is 9.03. The summed E-state index contributed by atoms with van der Waals surface area (Å²) >= 11 is 0. The van der Waals surface area contributed by atoms with E-state index in [0.717, 1.165) is 24.0 Å². The molecule has 3 aromatic rings. The van der Waals surface area contributed by atoms with Crippen molar-refractivity contribution in [2.45, 2.75) is 19.9 Å². The van der Waals surface area contributed by atoms with E-state index in [1.54, 1.807) is 6.07 Å². The van der Waals surface area contributed by atoms with Gasteiger partial charge in [-0.3, -0.25) is 0 Å². The van der Waals surface area contributed by atoms with Crippen molar-refractivity contribution >= 4 is 17.0 Å². The normalized spacial score (nSPS) is 10.7. The van der Waals surface area contributed by atoms with E-state index in [1.165, 1.54) is 11.1 Å². The Hall–Kier alpha value is -2.80. The van der Waals surface area contributed by atoms with Gasteiger partial charge in [0.05, 0.1) is 22.7 Å². The summed E-state index contributed by atoms with van der Waals surface area (Å²) in [5, 5.41) is 9.03. The highest BCUT2D eigenvalue weighted by Gasteiger charge is 2.09. The third kappa shape index (κ3) is 2.46. The highest BCUT2D eigenvalue weighted by atomic mass is 15.1. The van der Waals surface area contributed by atoms with Gasteiger partial charge >= 0.3 is 0 Å². The smallest absolute Gasteiger partial charge is 0.201 e. The van der Waals surface area contributed by atoms with Crippen LogP contribution in [0.15, 0.2) is 42.5 Å². The highest BCUT2D eigenvalue weighted by molar-refractivity contribution is 5.79. The van der Waals surface area contributed by atoms with Gasteiger partial charge < -0.3 is 10.3 Å². The molecule has 0 atom stereocenters. The van der Waals surface area contributed by atoms with Crippen LogP contribution in [0.4, 0.5) is 5.95 Å². The molecule has 0 aliphatic rings. The molecule has 104 valence electrons. The van der Waals surface area contributed by atoms with E-state index in [-0.39, 0.29) is 0 Å². The molecule has 0 aliphatic heterocycles. The average Bonchev–Trinajstić information content (AvgIpc) is 2.81. The maximum Gasteiger partial charge on any atom is 0.201 e. The van der Waals surface area contributed by atoms with Gasteiger partial charge in [0.1, 0.15) is 0 Å². The van der Waals surface area contributed by atoms with Crippen molar-refractivity contribution in [3.8, 4) is 6.07 Å². The van der Waals surface area contributed by atoms with Crippen molar-refractivity contribution in [3.05, 3.63) is 59.2 Å². The van der Waals surface area contributed by atoms with Crippen LogP contribution < -0.4 is 5.73 Å². The van der Waals surface area contributed by atoms with Crippen LogP contribution in [0.3, 0.4) is 0 Å². The number of nitriles is 1. The lowest BCUT2D eigenvalue weighted by atomic mass is 10.1. The Labute approximate surface area is 123 Å². The van der Waals surface area contributed by atoms with Crippen LogP contribution in [0.1, 0.15) is 16.7 Å². The Morgan fingerprint density at radius 1 is 1.24 bits per heavy atom. The first kappa shape index (κ1) is 13.2. The van der Waals surface area contributed by atoms with Gasteiger partial charge in [0.25, 0.3) is 0 Å². The third-order valence-electron chi connectivity index (χ3n) is 3.77. The Bertz CT molecular complexity index is 840. The van der Waals surface area contributed by atoms with Crippen LogP contribution in [0.25, 0.3) is 11.0 Å². The largest absolute Gasteiger partial charge is 0.369 e. The predicted molar refractivity (Wildman–Crippen MR) is 83.7 cm³/mol. The number of benzene rings is 2. The SMILES string of the molecule is Cc1ccccc1CCn1c(N)nc2ccc(C#N)cc21. The molecule has 1 heterocycles. The van der Waals surface area contributed by atoms with Crippen LogP contribution >= 0.6 is 0 Å². The van der Waals surface area contributed by atoms with E-state index in [0.29, 0.717) is 11.5 Å². The maximum atomic E-state index is 9.03. The number of aromatic nitrogens is 2. The van der Waals surface area contributed by atoms with Crippen molar-refractivity contribution in [2.24, 2.45) is 0 Å². The van der Waals surface area contributed by atoms with Gasteiger partial charge in [-0.2, -0.15) is 5.26 Å². The van der Waals surface area contributed by atoms with Gasteiger partial charge in [-0.1, -0.05) is 24.3 Å². The molecule has 4 nitrogen and oxygen atoms in total. The van der Waals surface area contributed by atoms with Crippen molar-refractivity contribution in [2.75, 3.05) is 5.73 Å². The summed E-state index contributed by atoms with van der Waals surface area (Å²) in [6, 6.07) is 15.9. The molecule has 0 bridgehead atoms. The number of anilines is 1. The second-order valence-electron chi connectivity index (χ2n) is 5.11. The summed E-state index contributed by atoms with van der Waals surface area (Å²) < 4.78 is 1.97. The fraction of sp³-hybridized carbons (Fsp3) is 0.176. The number of nitrogen functional groups attached to an aromatic ring is 1. The second kappa shape index (κ2) is 5.29. The van der Waals surface area contributed by atoms with Crippen LogP contribution in [0.2, 0.25) is 0 Å². The Kier molecular flexibility index (Phi) is 3.33. The van der Waals surface area contributed by atoms with E-state index in [9.17, 15) is 0 Å². The lowest BCUT2D eigenvalue weighted by molar-refractivity contribution is 0.723. The molecule has 3 rings (SSSR count). The number of nitrogens with two attached hydrogens (primary N) is 1. The fourth-order valence-electron chi connectivity index (χ4n) is 2.57. The van der Waals surface area contributed by atoms with E-state index in [2.05, 4.69) is 30.1 Å². The molecular weight excluding hydrogens is 260 g/mol. The van der Waals surface area contributed by atoms with Crippen LogP contribution in [0.5, 0.6) is 0 Å². The summed E-state index contributed by atoms with van der Waals surface area (Å²) in [6.07, 6.45) is 0.888. The van der Waals surface area contributed by atoms with Gasteiger partial charge in [0.2, 0.25) is 5.95 Å². The topological polar surface area (TPSA) is 67.6 Å². The van der Waals surface area contributed by atoms with Gasteiger partial charge in [-0.05, 0) is 42.7 Å². The lowest BCUT2D eigenvalue weighted by Gasteiger charge is -2.08. The summed E-state index contributed by atoms with van der Waals surface area (Å²) in [6.45, 7) is 2.86. The Morgan fingerprint density at radius 3 is 2.81 bits per heavy atom. The molecule has 0 saturated carbocycles. The highest BCUT2D eigenvalue weighted by Crippen LogP contribution is 2.20. The van der Waals surface area contributed by atoms with Crippen molar-refractivity contribution in [3.63, 3.8) is 0 Å². The van der Waals surface area contributed by atoms with Crippen LogP contribution in [-0.2, 0) is 13.0 Å². The van der Waals surface area contributed by atoms with E-state index < -0.39 is 0 Å². The number of rotatable bonds is 3. The summed E-state index contributed by atoms with van der Waals surface area (Å²) in [4.78, 5) is 4.35. The Balaban J connectivity index is 1.95. The quantitative estimate of drug-likeness (QED) is 0.799. The predicted octanol–water partition coefficient (Wildman–Crippen LogP) is 3.04. The minimum atomic E-state index is 0.494. The second-order valence-corrected chi connectivity index (χ2v) is 5.11. The molecule has 0 fully saturated rings. The molecule has 4 heteroatoms. The molecule has 0 radical (unpaired) electrons. The van der Waals surface area contributed by atoms with Gasteiger partial charge in [0.15, 0.2) is 0 Å². The number of imidazole rings is 1. The van der Waals surface area contributed by atoms with Crippen molar-refractivity contribution in [1.82, 2.24) is 9.55 Å². The monoisotopic (exact) mass is 276 g/mol. The minimum Gasteiger partial charge on any atom is -0.369 e. The first-order valence-electron chi connectivity index (χ1n) is 6.89. The van der Waals surface area contributed by atoms with E-state index in [1.807, 2.05) is 28.8 Å². The minimum absolute atomic E-state index is 0.494. The number of nitrogens with zero attached hydrogens (tertiary/aromatic N) is 3. The standard InChI is InChI=1S/C17H16N4/c1-12-4-2-3-5-14(12)8-9-21-16-10-13(11-18)6-7-15(16)20-17(21)19/h2-7,10H,8-9H2,1H3,(H2,19,20). The fourth-order valence-corrected chi connectivity index (χ4v) is 2.57. The van der Waals surface area contributed by atoms with Gasteiger partial charge in [0, 0.05) is 6.54 Å². The number of hydrogen-bond donors (Lipinski definition) is 1. The molecule has 0 amide bonds. The number of hydrogen-bond acceptors (Lipinski definition) is 3. The van der Waals surface area contributed by atoms with E-state index in [4.69, 9.17) is 11.0 Å². The summed E-state index contributed by atoms with van der Waals surface area (Å²) in [5.74, 6) is 0.494. The molecule has 0 aliphatic carbocycles. The zero-order valence-corrected chi connectivity index (χ0v) is 11.9. The molecular formula is C17H16N4. The van der Waals surface area contributed by atoms with Crippen molar-refractivity contribution < 1.29 is 0 Å². The first-order chi connectivity index (χ1) is 10.2. The zero-order chi connectivity index (χ0) is 14.8. The van der Waals surface area contributed by atoms with Crippen LogP contribution in [-0.4, -0.2) is 9.55 Å². The molecule has 21 heavy (non-hydrogen) atoms. The molecule has 2 N–H and O–H groups in total. The summed E-state index contributed by atoms with van der Waals surface area (Å²) in [5.41, 5.74) is 11.0. The average molecular weight is 276 g/mol. The molecule has 1 aromatic heterocycles. The molecule has 0 spiro atoms. The van der Waals surface area contributed by atoms with Crippen LogP contribution in [0, 0.1) is 18.3 Å². The molecule has 0 unspecified atom stereocenters. The number of aryl methyl sites for hydroxylation is 3. The first-order valence-corrected chi connectivity index (χ1v) is 6.89. The Morgan fingerprint density at radius 2 is 2.05 bits per heavy atom. The van der Waals surface area contributed by atoms with Crippen molar-refractivity contribution in [1.29, 1.82) is 5.26 Å². The lowest BCUT2D eigenvalue weighted by Crippen LogP contribution is -2.06. The molecule has 0 saturated heterocycles. The summed E-state index contributed by atoms with van der Waals surface area (Å²) in [7, 11) is 0. The van der Waals surface area contributed by atoms with Gasteiger partial charge in [-0.15, -0.1) is 0 Å². The molecule has 2 aromatic carbocycles. The number of fused-ring (bicyclic) bond motifs is 1. The zero-order valence-electron chi connectivity index (χ0n) is 11.9.